The Kier molecular flexibility index (Phi) is 6.44. The zero-order valence-corrected chi connectivity index (χ0v) is 17.0. The van der Waals surface area contributed by atoms with Crippen molar-refractivity contribution in [2.24, 2.45) is 0 Å². The minimum absolute atomic E-state index is 0.141. The number of anilines is 3. The summed E-state index contributed by atoms with van der Waals surface area (Å²) in [5.41, 5.74) is 3.90. The van der Waals surface area contributed by atoms with Gasteiger partial charge >= 0.3 is 11.9 Å². The number of nitrogens with one attached hydrogen (secondary N) is 3. The molecule has 0 unspecified atom stereocenters. The van der Waals surface area contributed by atoms with Gasteiger partial charge in [-0.1, -0.05) is 29.3 Å². The first-order chi connectivity index (χ1) is 15.1. The Morgan fingerprint density at radius 3 is 2.38 bits per heavy atom. The van der Waals surface area contributed by atoms with Crippen molar-refractivity contribution in [3.8, 4) is 0 Å². The van der Waals surface area contributed by atoms with Crippen LogP contribution in [0.1, 0.15) is 21.5 Å². The van der Waals surface area contributed by atoms with E-state index in [1.54, 1.807) is 24.3 Å². The first-order valence-electron chi connectivity index (χ1n) is 8.82. The van der Waals surface area contributed by atoms with Crippen molar-refractivity contribution in [1.82, 2.24) is 15.4 Å². The lowest BCUT2D eigenvalue weighted by molar-refractivity contribution is -0.383. The van der Waals surface area contributed by atoms with E-state index in [0.717, 1.165) is 18.0 Å². The predicted octanol–water partition coefficient (Wildman–Crippen LogP) is 4.87. The molecule has 0 atom stereocenters. The molecule has 1 heterocycles. The molecular weight excluding hydrogens is 453 g/mol. The second kappa shape index (κ2) is 9.06. The van der Waals surface area contributed by atoms with Crippen LogP contribution in [0.2, 0.25) is 5.02 Å². The average molecular weight is 467 g/mol. The van der Waals surface area contributed by atoms with E-state index in [1.807, 2.05) is 6.92 Å². The van der Waals surface area contributed by atoms with Crippen LogP contribution in [0, 0.1) is 17.0 Å². The lowest BCUT2D eigenvalue weighted by Gasteiger charge is -2.13. The van der Waals surface area contributed by atoms with Crippen molar-refractivity contribution in [2.75, 3.05) is 10.7 Å². The Morgan fingerprint density at radius 1 is 1.09 bits per heavy atom. The second-order valence-electron chi connectivity index (χ2n) is 6.44. The van der Waals surface area contributed by atoms with E-state index >= 15 is 0 Å². The number of nitro groups is 1. The number of halogens is 4. The summed E-state index contributed by atoms with van der Waals surface area (Å²) in [4.78, 5) is 30.4. The number of rotatable bonds is 6. The Hall–Kier alpha value is -3.93. The van der Waals surface area contributed by atoms with Crippen molar-refractivity contribution in [2.45, 2.75) is 13.1 Å². The monoisotopic (exact) mass is 466 g/mol. The lowest BCUT2D eigenvalue weighted by Crippen LogP contribution is -2.30. The fourth-order valence-corrected chi connectivity index (χ4v) is 2.81. The Morgan fingerprint density at radius 2 is 1.75 bits per heavy atom. The Bertz CT molecular complexity index is 1170. The third kappa shape index (κ3) is 5.21. The van der Waals surface area contributed by atoms with Gasteiger partial charge in [0, 0.05) is 11.3 Å². The normalized spacial score (nSPS) is 11.0. The zero-order chi connectivity index (χ0) is 23.5. The van der Waals surface area contributed by atoms with Gasteiger partial charge in [-0.05, 0) is 37.3 Å². The molecule has 13 heteroatoms. The van der Waals surface area contributed by atoms with Gasteiger partial charge in [0.2, 0.25) is 11.6 Å². The molecule has 0 spiro atoms. The van der Waals surface area contributed by atoms with Gasteiger partial charge in [-0.3, -0.25) is 25.8 Å². The minimum Gasteiger partial charge on any atom is -0.334 e. The summed E-state index contributed by atoms with van der Waals surface area (Å²) in [7, 11) is 0. The molecular formula is C19H14ClF3N6O3. The van der Waals surface area contributed by atoms with Gasteiger partial charge in [-0.2, -0.15) is 13.2 Å². The van der Waals surface area contributed by atoms with Gasteiger partial charge in [-0.25, -0.2) is 9.97 Å². The fourth-order valence-electron chi connectivity index (χ4n) is 2.58. The van der Waals surface area contributed by atoms with E-state index in [-0.39, 0.29) is 11.5 Å². The molecule has 0 aliphatic rings. The summed E-state index contributed by atoms with van der Waals surface area (Å²) in [6, 6.07) is 9.45. The van der Waals surface area contributed by atoms with Crippen LogP contribution in [-0.2, 0) is 6.18 Å². The SMILES string of the molecule is Cc1ccc(C(=O)NNc2ncnc(Nc3ccc(Cl)c(C(F)(F)F)c3)c2[N+](=O)[O-])cc1. The van der Waals surface area contributed by atoms with Crippen LogP contribution in [0.25, 0.3) is 0 Å². The van der Waals surface area contributed by atoms with Crippen LogP contribution in [0.3, 0.4) is 0 Å². The standard InChI is InChI=1S/C19H14ClF3N6O3/c1-10-2-4-11(5-3-10)18(30)28-27-17-15(29(31)32)16(24-9-25-17)26-12-6-7-14(20)13(8-12)19(21,22)23/h2-9H,1H3,(H,28,30)(H2,24,25,26,27). The van der Waals surface area contributed by atoms with Crippen molar-refractivity contribution in [3.05, 3.63) is 80.6 Å². The quantitative estimate of drug-likeness (QED) is 0.350. The molecule has 166 valence electrons. The smallest absolute Gasteiger partial charge is 0.334 e. The van der Waals surface area contributed by atoms with Crippen molar-refractivity contribution < 1.29 is 22.9 Å². The molecule has 1 aromatic heterocycles. The van der Waals surface area contributed by atoms with E-state index in [9.17, 15) is 28.1 Å². The number of aromatic nitrogens is 2. The first kappa shape index (κ1) is 22.7. The van der Waals surface area contributed by atoms with Crippen LogP contribution in [0.15, 0.2) is 48.8 Å². The van der Waals surface area contributed by atoms with Gasteiger partial charge in [0.1, 0.15) is 6.33 Å². The van der Waals surface area contributed by atoms with E-state index in [0.29, 0.717) is 11.6 Å². The predicted molar refractivity (Wildman–Crippen MR) is 111 cm³/mol. The highest BCUT2D eigenvalue weighted by Crippen LogP contribution is 2.37. The molecule has 0 saturated heterocycles. The molecule has 0 aliphatic carbocycles. The summed E-state index contributed by atoms with van der Waals surface area (Å²) >= 11 is 5.59. The van der Waals surface area contributed by atoms with Gasteiger partial charge < -0.3 is 5.32 Å². The van der Waals surface area contributed by atoms with Crippen LogP contribution in [0.5, 0.6) is 0 Å². The molecule has 0 aliphatic heterocycles. The number of aryl methyl sites for hydroxylation is 1. The minimum atomic E-state index is -4.72. The summed E-state index contributed by atoms with van der Waals surface area (Å²) < 4.78 is 39.2. The molecule has 0 saturated carbocycles. The van der Waals surface area contributed by atoms with Gasteiger partial charge in [0.15, 0.2) is 0 Å². The Labute approximate surface area is 183 Å². The zero-order valence-electron chi connectivity index (χ0n) is 16.2. The third-order valence-corrected chi connectivity index (χ3v) is 4.48. The van der Waals surface area contributed by atoms with Gasteiger partial charge in [0.25, 0.3) is 5.91 Å². The summed E-state index contributed by atoms with van der Waals surface area (Å²) in [5.74, 6) is -1.36. The van der Waals surface area contributed by atoms with E-state index in [2.05, 4.69) is 26.1 Å². The van der Waals surface area contributed by atoms with Crippen molar-refractivity contribution in [1.29, 1.82) is 0 Å². The van der Waals surface area contributed by atoms with Gasteiger partial charge in [0.05, 0.1) is 15.5 Å². The molecule has 0 radical (unpaired) electrons. The largest absolute Gasteiger partial charge is 0.417 e. The first-order valence-corrected chi connectivity index (χ1v) is 9.20. The number of nitrogens with zero attached hydrogens (tertiary/aromatic N) is 3. The van der Waals surface area contributed by atoms with Crippen molar-refractivity contribution in [3.63, 3.8) is 0 Å². The van der Waals surface area contributed by atoms with Crippen LogP contribution < -0.4 is 16.2 Å². The number of hydrogen-bond donors (Lipinski definition) is 3. The van der Waals surface area contributed by atoms with E-state index in [1.165, 1.54) is 6.07 Å². The number of benzene rings is 2. The number of hydrogen-bond acceptors (Lipinski definition) is 7. The molecule has 9 nitrogen and oxygen atoms in total. The molecule has 1 amide bonds. The molecule has 0 fully saturated rings. The third-order valence-electron chi connectivity index (χ3n) is 4.15. The molecule has 3 aromatic rings. The van der Waals surface area contributed by atoms with E-state index in [4.69, 9.17) is 11.6 Å². The van der Waals surface area contributed by atoms with E-state index < -0.39 is 39.1 Å². The fraction of sp³-hybridized carbons (Fsp3) is 0.105. The molecule has 32 heavy (non-hydrogen) atoms. The number of amides is 1. The van der Waals surface area contributed by atoms with Crippen LogP contribution >= 0.6 is 11.6 Å². The second-order valence-corrected chi connectivity index (χ2v) is 6.85. The number of carbonyl (C=O) groups is 1. The van der Waals surface area contributed by atoms with Crippen LogP contribution in [-0.4, -0.2) is 20.8 Å². The molecule has 3 rings (SSSR count). The topological polar surface area (TPSA) is 122 Å². The van der Waals surface area contributed by atoms with Crippen molar-refractivity contribution >= 4 is 40.5 Å². The summed E-state index contributed by atoms with van der Waals surface area (Å²) in [6.07, 6.45) is -3.78. The molecule has 2 aromatic carbocycles. The highest BCUT2D eigenvalue weighted by Gasteiger charge is 2.33. The molecule has 0 bridgehead atoms. The number of alkyl halides is 3. The number of carbonyl (C=O) groups excluding carboxylic acids is 1. The Balaban J connectivity index is 1.86. The maximum atomic E-state index is 13.1. The highest BCUT2D eigenvalue weighted by molar-refractivity contribution is 6.31. The number of hydrazine groups is 1. The summed E-state index contributed by atoms with van der Waals surface area (Å²) in [5, 5.41) is 13.5. The maximum absolute atomic E-state index is 13.1. The lowest BCUT2D eigenvalue weighted by atomic mass is 10.1. The van der Waals surface area contributed by atoms with Gasteiger partial charge in [-0.15, -0.1) is 0 Å². The van der Waals surface area contributed by atoms with Crippen LogP contribution in [0.4, 0.5) is 36.2 Å². The highest BCUT2D eigenvalue weighted by atomic mass is 35.5. The average Bonchev–Trinajstić information content (AvgIpc) is 2.73. The molecule has 3 N–H and O–H groups in total. The summed E-state index contributed by atoms with van der Waals surface area (Å²) in [6.45, 7) is 1.84. The maximum Gasteiger partial charge on any atom is 0.417 e.